The summed E-state index contributed by atoms with van der Waals surface area (Å²) in [4.78, 5) is 41.3. The van der Waals surface area contributed by atoms with Crippen LogP contribution in [0.15, 0.2) is 27.8 Å². The number of hydrogen-bond donors (Lipinski definition) is 2. The van der Waals surface area contributed by atoms with Gasteiger partial charge in [-0.15, -0.1) is 0 Å². The predicted molar refractivity (Wildman–Crippen MR) is 122 cm³/mol. The largest absolute Gasteiger partial charge is 0.462 e. The van der Waals surface area contributed by atoms with Gasteiger partial charge in [0, 0.05) is 11.6 Å². The molecule has 3 aromatic rings. The minimum atomic E-state index is -0.908. The number of carbonyl (C=O) groups is 3. The molecule has 1 aromatic carbocycles. The molecule has 3 N–H and O–H groups in total. The molecule has 2 amide bonds. The molecule has 0 aliphatic rings. The number of aryl methyl sites for hydroxylation is 2. The summed E-state index contributed by atoms with van der Waals surface area (Å²) >= 11 is 7.30. The van der Waals surface area contributed by atoms with Gasteiger partial charge in [-0.3, -0.25) is 14.9 Å². The standard InChI is InChI=1S/C21H23ClN4O5S/c1-4-8-26-14-7-6-12(22)9-13(14)24-21(26)32-10-15(27)25-19-17(18(23)28)16(11(3)31-19)20(29)30-5-2/h6-7,9H,4-5,8,10H2,1-3H3,(H2,23,28)(H,25,27). The Morgan fingerprint density at radius 2 is 2.03 bits per heavy atom. The molecule has 0 radical (unpaired) electrons. The van der Waals surface area contributed by atoms with Crippen LogP contribution in [-0.2, 0) is 16.1 Å². The molecule has 32 heavy (non-hydrogen) atoms. The number of fused-ring (bicyclic) bond motifs is 1. The van der Waals surface area contributed by atoms with Crippen molar-refractivity contribution in [3.63, 3.8) is 0 Å². The van der Waals surface area contributed by atoms with E-state index in [-0.39, 0.29) is 35.1 Å². The van der Waals surface area contributed by atoms with E-state index in [0.29, 0.717) is 10.2 Å². The third-order valence-electron chi connectivity index (χ3n) is 4.52. The van der Waals surface area contributed by atoms with Crippen molar-refractivity contribution in [2.75, 3.05) is 17.7 Å². The molecule has 0 aliphatic heterocycles. The quantitative estimate of drug-likeness (QED) is 0.351. The van der Waals surface area contributed by atoms with Crippen molar-refractivity contribution in [2.24, 2.45) is 5.73 Å². The lowest BCUT2D eigenvalue weighted by atomic mass is 10.1. The first-order chi connectivity index (χ1) is 15.3. The molecule has 0 saturated carbocycles. The number of thioether (sulfide) groups is 1. The molecule has 0 atom stereocenters. The number of anilines is 1. The molecular weight excluding hydrogens is 456 g/mol. The maximum atomic E-state index is 12.6. The lowest BCUT2D eigenvalue weighted by Crippen LogP contribution is -2.21. The molecule has 0 bridgehead atoms. The molecular formula is C21H23ClN4O5S. The number of hydrogen-bond acceptors (Lipinski definition) is 7. The fourth-order valence-corrected chi connectivity index (χ4v) is 4.25. The zero-order chi connectivity index (χ0) is 23.4. The fraction of sp³-hybridized carbons (Fsp3) is 0.333. The summed E-state index contributed by atoms with van der Waals surface area (Å²) in [6, 6.07) is 5.46. The first-order valence-electron chi connectivity index (χ1n) is 9.95. The number of ether oxygens (including phenoxy) is 1. The molecule has 170 valence electrons. The zero-order valence-corrected chi connectivity index (χ0v) is 19.4. The maximum Gasteiger partial charge on any atom is 0.342 e. The van der Waals surface area contributed by atoms with Gasteiger partial charge in [0.25, 0.3) is 5.91 Å². The van der Waals surface area contributed by atoms with Crippen molar-refractivity contribution in [3.05, 3.63) is 40.1 Å². The van der Waals surface area contributed by atoms with E-state index in [2.05, 4.69) is 17.2 Å². The van der Waals surface area contributed by atoms with Crippen LogP contribution in [0, 0.1) is 6.92 Å². The molecule has 2 heterocycles. The third-order valence-corrected chi connectivity index (χ3v) is 5.73. The normalized spacial score (nSPS) is 11.0. The minimum Gasteiger partial charge on any atom is -0.462 e. The number of benzene rings is 1. The van der Waals surface area contributed by atoms with E-state index in [4.69, 9.17) is 26.5 Å². The summed E-state index contributed by atoms with van der Waals surface area (Å²) in [5.74, 6) is -2.17. The van der Waals surface area contributed by atoms with Gasteiger partial charge in [-0.25, -0.2) is 9.78 Å². The Hall–Kier alpha value is -2.98. The highest BCUT2D eigenvalue weighted by Crippen LogP contribution is 2.29. The number of primary amides is 1. The molecule has 0 unspecified atom stereocenters. The van der Waals surface area contributed by atoms with Gasteiger partial charge in [0.2, 0.25) is 11.8 Å². The van der Waals surface area contributed by atoms with Crippen molar-refractivity contribution >= 4 is 58.1 Å². The van der Waals surface area contributed by atoms with Crippen LogP contribution in [0.5, 0.6) is 0 Å². The summed E-state index contributed by atoms with van der Waals surface area (Å²) in [5, 5.41) is 3.77. The van der Waals surface area contributed by atoms with Crippen molar-refractivity contribution in [2.45, 2.75) is 38.9 Å². The monoisotopic (exact) mass is 478 g/mol. The van der Waals surface area contributed by atoms with Crippen LogP contribution in [-0.4, -0.2) is 39.7 Å². The summed E-state index contributed by atoms with van der Waals surface area (Å²) in [6.07, 6.45) is 0.887. The van der Waals surface area contributed by atoms with Gasteiger partial charge in [0.15, 0.2) is 5.16 Å². The lowest BCUT2D eigenvalue weighted by Gasteiger charge is -2.07. The third kappa shape index (κ3) is 4.91. The van der Waals surface area contributed by atoms with Crippen molar-refractivity contribution in [3.8, 4) is 0 Å². The van der Waals surface area contributed by atoms with Crippen LogP contribution in [0.2, 0.25) is 5.02 Å². The van der Waals surface area contributed by atoms with E-state index in [1.807, 2.05) is 10.6 Å². The number of rotatable bonds is 9. The van der Waals surface area contributed by atoms with E-state index in [1.54, 1.807) is 19.1 Å². The average molecular weight is 479 g/mol. The van der Waals surface area contributed by atoms with Crippen LogP contribution in [0.4, 0.5) is 5.88 Å². The van der Waals surface area contributed by atoms with Crippen molar-refractivity contribution in [1.29, 1.82) is 0 Å². The Kier molecular flexibility index (Phi) is 7.47. The second kappa shape index (κ2) is 10.1. The molecule has 0 saturated heterocycles. The van der Waals surface area contributed by atoms with Gasteiger partial charge >= 0.3 is 5.97 Å². The number of aromatic nitrogens is 2. The first-order valence-corrected chi connectivity index (χ1v) is 11.3. The molecule has 2 aromatic heterocycles. The second-order valence-electron chi connectivity index (χ2n) is 6.84. The van der Waals surface area contributed by atoms with Crippen molar-refractivity contribution in [1.82, 2.24) is 9.55 Å². The van der Waals surface area contributed by atoms with Crippen molar-refractivity contribution < 1.29 is 23.5 Å². The number of amides is 2. The van der Waals surface area contributed by atoms with E-state index >= 15 is 0 Å². The SMILES string of the molecule is CCCn1c(SCC(=O)Nc2oc(C)c(C(=O)OCC)c2C(N)=O)nc2cc(Cl)ccc21. The Morgan fingerprint density at radius 3 is 2.69 bits per heavy atom. The number of nitrogens with two attached hydrogens (primary N) is 1. The number of esters is 1. The smallest absolute Gasteiger partial charge is 0.342 e. The molecule has 11 heteroatoms. The summed E-state index contributed by atoms with van der Waals surface area (Å²) in [5.41, 5.74) is 6.78. The van der Waals surface area contributed by atoms with E-state index in [0.717, 1.165) is 24.0 Å². The van der Waals surface area contributed by atoms with Gasteiger partial charge < -0.3 is 19.5 Å². The van der Waals surface area contributed by atoms with Gasteiger partial charge in [-0.05, 0) is 38.5 Å². The van der Waals surface area contributed by atoms with Gasteiger partial charge in [-0.1, -0.05) is 30.3 Å². The second-order valence-corrected chi connectivity index (χ2v) is 8.22. The van der Waals surface area contributed by atoms with Gasteiger partial charge in [-0.2, -0.15) is 0 Å². The number of carbonyl (C=O) groups excluding carboxylic acids is 3. The van der Waals surface area contributed by atoms with Crippen LogP contribution >= 0.6 is 23.4 Å². The Labute approximate surface area is 193 Å². The number of nitrogens with zero attached hydrogens (tertiary/aromatic N) is 2. The van der Waals surface area contributed by atoms with Gasteiger partial charge in [0.1, 0.15) is 16.9 Å². The summed E-state index contributed by atoms with van der Waals surface area (Å²) in [7, 11) is 0. The fourth-order valence-electron chi connectivity index (χ4n) is 3.24. The van der Waals surface area contributed by atoms with Crippen LogP contribution in [0.25, 0.3) is 11.0 Å². The van der Waals surface area contributed by atoms with Gasteiger partial charge in [0.05, 0.1) is 23.4 Å². The number of halogens is 1. The summed E-state index contributed by atoms with van der Waals surface area (Å²) < 4.78 is 12.4. The highest BCUT2D eigenvalue weighted by atomic mass is 35.5. The predicted octanol–water partition coefficient (Wildman–Crippen LogP) is 4.01. The van der Waals surface area contributed by atoms with E-state index < -0.39 is 17.8 Å². The zero-order valence-electron chi connectivity index (χ0n) is 17.9. The van der Waals surface area contributed by atoms with Crippen LogP contribution in [0.1, 0.15) is 46.7 Å². The first kappa shape index (κ1) is 23.7. The molecule has 9 nitrogen and oxygen atoms in total. The van der Waals surface area contributed by atoms with E-state index in [1.165, 1.54) is 18.7 Å². The Balaban J connectivity index is 1.80. The topological polar surface area (TPSA) is 129 Å². The lowest BCUT2D eigenvalue weighted by molar-refractivity contribution is -0.113. The average Bonchev–Trinajstić information content (AvgIpc) is 3.23. The van der Waals surface area contributed by atoms with E-state index in [9.17, 15) is 14.4 Å². The molecule has 3 rings (SSSR count). The highest BCUT2D eigenvalue weighted by molar-refractivity contribution is 7.99. The number of imidazole rings is 1. The highest BCUT2D eigenvalue weighted by Gasteiger charge is 2.29. The minimum absolute atomic E-state index is 0.00649. The Bertz CT molecular complexity index is 1190. The van der Waals surface area contributed by atoms with Crippen LogP contribution in [0.3, 0.4) is 0 Å². The molecule has 0 fully saturated rings. The van der Waals surface area contributed by atoms with Crippen LogP contribution < -0.4 is 11.1 Å². The maximum absolute atomic E-state index is 12.6. The number of furan rings is 1. The Morgan fingerprint density at radius 1 is 1.28 bits per heavy atom. The summed E-state index contributed by atoms with van der Waals surface area (Å²) in [6.45, 7) is 6.02. The number of nitrogens with one attached hydrogen (secondary N) is 1. The molecule has 0 aliphatic carbocycles. The molecule has 0 spiro atoms.